The second-order valence-corrected chi connectivity index (χ2v) is 10.4. The molecular weight excluding hydrogens is 457 g/mol. The Morgan fingerprint density at radius 3 is 2.29 bits per heavy atom. The highest BCUT2D eigenvalue weighted by Gasteiger charge is 2.30. The maximum absolute atomic E-state index is 13.5. The largest absolute Gasteiger partial charge is 0.354 e. The number of carbonyl (C=O) groups excluding carboxylic acids is 2. The molecule has 0 aliphatic heterocycles. The van der Waals surface area contributed by atoms with Crippen LogP contribution in [-0.4, -0.2) is 50.5 Å². The van der Waals surface area contributed by atoms with Crippen molar-refractivity contribution in [1.29, 1.82) is 0 Å². The van der Waals surface area contributed by atoms with E-state index in [0.29, 0.717) is 23.4 Å². The Hall–Kier alpha value is -2.94. The molecule has 0 aromatic heterocycles. The highest BCUT2D eigenvalue weighted by Crippen LogP contribution is 2.24. The molecule has 1 N–H and O–H groups in total. The van der Waals surface area contributed by atoms with E-state index >= 15 is 0 Å². The van der Waals surface area contributed by atoms with Crippen LogP contribution in [0.5, 0.6) is 0 Å². The van der Waals surface area contributed by atoms with Gasteiger partial charge in [-0.3, -0.25) is 13.9 Å². The van der Waals surface area contributed by atoms with Crippen molar-refractivity contribution in [3.8, 4) is 0 Å². The second-order valence-electron chi connectivity index (χ2n) is 8.53. The van der Waals surface area contributed by atoms with Crippen LogP contribution in [0.4, 0.5) is 10.1 Å². The van der Waals surface area contributed by atoms with Crippen LogP contribution in [0.1, 0.15) is 43.4 Å². The predicted octanol–water partition coefficient (Wildman–Crippen LogP) is 3.54. The van der Waals surface area contributed by atoms with E-state index in [1.54, 1.807) is 26.0 Å². The Balaban J connectivity index is 2.37. The summed E-state index contributed by atoms with van der Waals surface area (Å²) in [5.74, 6) is -1.28. The summed E-state index contributed by atoms with van der Waals surface area (Å²) in [5, 5.41) is 2.82. The third-order valence-corrected chi connectivity index (χ3v) is 6.69. The van der Waals surface area contributed by atoms with Crippen LogP contribution in [0.25, 0.3) is 0 Å². The maximum Gasteiger partial charge on any atom is 0.244 e. The summed E-state index contributed by atoms with van der Waals surface area (Å²) >= 11 is 0. The molecule has 0 aliphatic rings. The van der Waals surface area contributed by atoms with Crippen molar-refractivity contribution in [2.24, 2.45) is 0 Å². The molecule has 0 aliphatic carbocycles. The Morgan fingerprint density at radius 2 is 1.74 bits per heavy atom. The zero-order chi connectivity index (χ0) is 25.5. The minimum absolute atomic E-state index is 0.0337. The number of rotatable bonds is 11. The van der Waals surface area contributed by atoms with Gasteiger partial charge < -0.3 is 10.2 Å². The average molecular weight is 492 g/mol. The lowest BCUT2D eigenvalue weighted by Crippen LogP contribution is -2.51. The number of unbranched alkanes of at least 4 members (excludes halogenated alkanes) is 1. The zero-order valence-corrected chi connectivity index (χ0v) is 21.3. The quantitative estimate of drug-likeness (QED) is 0.487. The minimum atomic E-state index is -3.79. The number of hydrogen-bond acceptors (Lipinski definition) is 4. The van der Waals surface area contributed by atoms with E-state index in [1.165, 1.54) is 29.2 Å². The highest BCUT2D eigenvalue weighted by molar-refractivity contribution is 7.92. The van der Waals surface area contributed by atoms with Gasteiger partial charge in [0.05, 0.1) is 11.9 Å². The van der Waals surface area contributed by atoms with Crippen LogP contribution in [0, 0.1) is 19.7 Å². The van der Waals surface area contributed by atoms with Crippen molar-refractivity contribution in [2.75, 3.05) is 23.7 Å². The summed E-state index contributed by atoms with van der Waals surface area (Å²) in [5.41, 5.74) is 2.72. The number of benzene rings is 2. The molecule has 1 unspecified atom stereocenters. The van der Waals surface area contributed by atoms with Gasteiger partial charge in [-0.1, -0.05) is 43.2 Å². The van der Waals surface area contributed by atoms with Gasteiger partial charge in [-0.15, -0.1) is 0 Å². The number of aryl methyl sites for hydroxylation is 2. The van der Waals surface area contributed by atoms with Crippen molar-refractivity contribution in [1.82, 2.24) is 10.2 Å². The van der Waals surface area contributed by atoms with E-state index < -0.39 is 34.3 Å². The Morgan fingerprint density at radius 1 is 1.09 bits per heavy atom. The maximum atomic E-state index is 13.5. The van der Waals surface area contributed by atoms with Gasteiger partial charge in [0.25, 0.3) is 0 Å². The van der Waals surface area contributed by atoms with Crippen molar-refractivity contribution in [3.05, 3.63) is 65.0 Å². The van der Waals surface area contributed by atoms with Crippen LogP contribution >= 0.6 is 0 Å². The monoisotopic (exact) mass is 491 g/mol. The lowest BCUT2D eigenvalue weighted by Gasteiger charge is -2.32. The Bertz CT molecular complexity index is 1100. The van der Waals surface area contributed by atoms with Crippen LogP contribution in [0.2, 0.25) is 0 Å². The van der Waals surface area contributed by atoms with Crippen molar-refractivity contribution < 1.29 is 22.4 Å². The standard InChI is InChI=1S/C25H34FN3O4S/c1-6-7-14-27-25(31)20(4)28(16-21-9-11-22(26)12-10-21)24(30)17-29(34(5,32)33)23-13-8-18(2)15-19(23)3/h8-13,15,20H,6-7,14,16-17H2,1-5H3,(H,27,31). The summed E-state index contributed by atoms with van der Waals surface area (Å²) in [6, 6.07) is 10.1. The first-order valence-electron chi connectivity index (χ1n) is 11.3. The average Bonchev–Trinajstić information content (AvgIpc) is 2.76. The molecule has 7 nitrogen and oxygen atoms in total. The van der Waals surface area contributed by atoms with E-state index in [9.17, 15) is 22.4 Å². The number of hydrogen-bond donors (Lipinski definition) is 1. The Kier molecular flexibility index (Phi) is 9.61. The molecule has 1 atom stereocenters. The molecule has 2 aromatic carbocycles. The molecule has 0 radical (unpaired) electrons. The first kappa shape index (κ1) is 27.3. The molecule has 0 fully saturated rings. The summed E-state index contributed by atoms with van der Waals surface area (Å²) in [6.45, 7) is 7.34. The smallest absolute Gasteiger partial charge is 0.244 e. The predicted molar refractivity (Wildman–Crippen MR) is 132 cm³/mol. The third-order valence-electron chi connectivity index (χ3n) is 5.56. The van der Waals surface area contributed by atoms with E-state index in [1.807, 2.05) is 19.9 Å². The lowest BCUT2D eigenvalue weighted by atomic mass is 10.1. The van der Waals surface area contributed by atoms with Gasteiger partial charge in [0.2, 0.25) is 21.8 Å². The molecule has 9 heteroatoms. The second kappa shape index (κ2) is 12.0. The number of halogens is 1. The fourth-order valence-corrected chi connectivity index (χ4v) is 4.49. The number of carbonyl (C=O) groups is 2. The number of nitrogens with zero attached hydrogens (tertiary/aromatic N) is 2. The van der Waals surface area contributed by atoms with Crippen molar-refractivity contribution >= 4 is 27.5 Å². The van der Waals surface area contributed by atoms with E-state index in [2.05, 4.69) is 5.32 Å². The fourth-order valence-electron chi connectivity index (χ4n) is 3.59. The van der Waals surface area contributed by atoms with Gasteiger partial charge in [-0.25, -0.2) is 12.8 Å². The third kappa shape index (κ3) is 7.55. The lowest BCUT2D eigenvalue weighted by molar-refractivity contribution is -0.139. The molecule has 0 bridgehead atoms. The summed E-state index contributed by atoms with van der Waals surface area (Å²) in [7, 11) is -3.79. The number of sulfonamides is 1. The van der Waals surface area contributed by atoms with Gasteiger partial charge in [0.1, 0.15) is 18.4 Å². The molecular formula is C25H34FN3O4S. The molecule has 0 heterocycles. The molecule has 0 saturated heterocycles. The molecule has 0 spiro atoms. The fraction of sp³-hybridized carbons (Fsp3) is 0.440. The van der Waals surface area contributed by atoms with E-state index in [-0.39, 0.29) is 12.5 Å². The van der Waals surface area contributed by atoms with E-state index in [0.717, 1.165) is 29.0 Å². The van der Waals surface area contributed by atoms with Crippen LogP contribution in [0.15, 0.2) is 42.5 Å². The van der Waals surface area contributed by atoms with Gasteiger partial charge in [0.15, 0.2) is 0 Å². The van der Waals surface area contributed by atoms with E-state index in [4.69, 9.17) is 0 Å². The van der Waals surface area contributed by atoms with Crippen LogP contribution < -0.4 is 9.62 Å². The van der Waals surface area contributed by atoms with Crippen LogP contribution in [0.3, 0.4) is 0 Å². The normalized spacial score (nSPS) is 12.2. The molecule has 0 saturated carbocycles. The molecule has 2 aromatic rings. The van der Waals surface area contributed by atoms with Crippen LogP contribution in [-0.2, 0) is 26.2 Å². The SMILES string of the molecule is CCCCNC(=O)C(C)N(Cc1ccc(F)cc1)C(=O)CN(c1ccc(C)cc1C)S(C)(=O)=O. The summed E-state index contributed by atoms with van der Waals surface area (Å²) in [4.78, 5) is 27.5. The minimum Gasteiger partial charge on any atom is -0.354 e. The van der Waals surface area contributed by atoms with Gasteiger partial charge in [-0.05, 0) is 56.5 Å². The van der Waals surface area contributed by atoms with Gasteiger partial charge in [-0.2, -0.15) is 0 Å². The summed E-state index contributed by atoms with van der Waals surface area (Å²) in [6.07, 6.45) is 2.76. The number of anilines is 1. The molecule has 34 heavy (non-hydrogen) atoms. The first-order valence-corrected chi connectivity index (χ1v) is 13.2. The van der Waals surface area contributed by atoms with Gasteiger partial charge >= 0.3 is 0 Å². The number of amides is 2. The molecule has 2 amide bonds. The molecule has 186 valence electrons. The highest BCUT2D eigenvalue weighted by atomic mass is 32.2. The topological polar surface area (TPSA) is 86.8 Å². The van der Waals surface area contributed by atoms with Crippen molar-refractivity contribution in [3.63, 3.8) is 0 Å². The van der Waals surface area contributed by atoms with Crippen molar-refractivity contribution in [2.45, 2.75) is 53.1 Å². The van der Waals surface area contributed by atoms with Gasteiger partial charge in [0, 0.05) is 13.1 Å². The zero-order valence-electron chi connectivity index (χ0n) is 20.5. The molecule has 2 rings (SSSR count). The number of nitrogens with one attached hydrogen (secondary N) is 1. The Labute approximate surface area is 202 Å². The summed E-state index contributed by atoms with van der Waals surface area (Å²) < 4.78 is 39.7. The first-order chi connectivity index (χ1) is 15.9.